The molecule has 0 atom stereocenters. The molecule has 0 aliphatic rings. The summed E-state index contributed by atoms with van der Waals surface area (Å²) in [5.41, 5.74) is 8.57. The lowest BCUT2D eigenvalue weighted by Gasteiger charge is -2.11. The molecule has 132 valence electrons. The molecule has 0 aliphatic heterocycles. The lowest BCUT2D eigenvalue weighted by Crippen LogP contribution is -2.26. The third kappa shape index (κ3) is 4.79. The summed E-state index contributed by atoms with van der Waals surface area (Å²) in [7, 11) is 1.49. The summed E-state index contributed by atoms with van der Waals surface area (Å²) < 4.78 is 7.12. The van der Waals surface area contributed by atoms with Crippen LogP contribution in [0.15, 0.2) is 18.2 Å². The van der Waals surface area contributed by atoms with Gasteiger partial charge in [-0.2, -0.15) is 5.10 Å². The van der Waals surface area contributed by atoms with E-state index in [1.807, 2.05) is 24.6 Å². The number of rotatable bonds is 6. The molecule has 24 heavy (non-hydrogen) atoms. The SMILES string of the molecule is COc1cc(N)c(Cl)cc1C(=O)NCCCn1nc(C)cc1C.Cl. The van der Waals surface area contributed by atoms with E-state index in [-0.39, 0.29) is 18.3 Å². The zero-order chi connectivity index (χ0) is 17.0. The lowest BCUT2D eigenvalue weighted by atomic mass is 10.1. The van der Waals surface area contributed by atoms with E-state index < -0.39 is 0 Å². The summed E-state index contributed by atoms with van der Waals surface area (Å²) in [4.78, 5) is 12.3. The van der Waals surface area contributed by atoms with E-state index in [4.69, 9.17) is 22.1 Å². The average molecular weight is 373 g/mol. The number of aromatic nitrogens is 2. The highest BCUT2D eigenvalue weighted by molar-refractivity contribution is 6.33. The van der Waals surface area contributed by atoms with Gasteiger partial charge in [-0.3, -0.25) is 9.48 Å². The maximum absolute atomic E-state index is 12.3. The van der Waals surface area contributed by atoms with Crippen LogP contribution >= 0.6 is 24.0 Å². The number of anilines is 1. The van der Waals surface area contributed by atoms with Gasteiger partial charge in [-0.25, -0.2) is 0 Å². The van der Waals surface area contributed by atoms with Gasteiger partial charge in [0.05, 0.1) is 29.1 Å². The van der Waals surface area contributed by atoms with Crippen LogP contribution in [-0.4, -0.2) is 29.3 Å². The van der Waals surface area contributed by atoms with Gasteiger partial charge in [-0.15, -0.1) is 12.4 Å². The zero-order valence-corrected chi connectivity index (χ0v) is 15.5. The van der Waals surface area contributed by atoms with E-state index in [9.17, 15) is 4.79 Å². The topological polar surface area (TPSA) is 82.2 Å². The number of nitrogens with two attached hydrogens (primary N) is 1. The Morgan fingerprint density at radius 1 is 1.38 bits per heavy atom. The Morgan fingerprint density at radius 2 is 2.08 bits per heavy atom. The molecule has 0 bridgehead atoms. The number of nitrogen functional groups attached to an aromatic ring is 1. The molecule has 2 rings (SSSR count). The zero-order valence-electron chi connectivity index (χ0n) is 13.9. The third-order valence-corrected chi connectivity index (χ3v) is 3.83. The highest BCUT2D eigenvalue weighted by atomic mass is 35.5. The summed E-state index contributed by atoms with van der Waals surface area (Å²) in [6, 6.07) is 5.10. The number of halogens is 2. The number of methoxy groups -OCH3 is 1. The molecule has 2 aromatic rings. The largest absolute Gasteiger partial charge is 0.496 e. The van der Waals surface area contributed by atoms with Crippen LogP contribution in [0.25, 0.3) is 0 Å². The molecule has 0 aliphatic carbocycles. The van der Waals surface area contributed by atoms with E-state index >= 15 is 0 Å². The minimum atomic E-state index is -0.239. The molecule has 0 saturated heterocycles. The summed E-state index contributed by atoms with van der Waals surface area (Å²) in [6.45, 7) is 5.25. The molecule has 0 saturated carbocycles. The third-order valence-electron chi connectivity index (χ3n) is 3.50. The van der Waals surface area contributed by atoms with Gasteiger partial charge in [0.15, 0.2) is 0 Å². The highest BCUT2D eigenvalue weighted by Crippen LogP contribution is 2.28. The Bertz CT molecular complexity index is 716. The van der Waals surface area contributed by atoms with Gasteiger partial charge in [0.2, 0.25) is 0 Å². The fraction of sp³-hybridized carbons (Fsp3) is 0.375. The Kier molecular flexibility index (Phi) is 7.38. The molecular weight excluding hydrogens is 351 g/mol. The fourth-order valence-corrected chi connectivity index (χ4v) is 2.51. The van der Waals surface area contributed by atoms with Crippen LogP contribution in [0.4, 0.5) is 5.69 Å². The van der Waals surface area contributed by atoms with Crippen LogP contribution in [-0.2, 0) is 6.54 Å². The van der Waals surface area contributed by atoms with Crippen molar-refractivity contribution in [3.63, 3.8) is 0 Å². The van der Waals surface area contributed by atoms with Crippen LogP contribution in [0.3, 0.4) is 0 Å². The lowest BCUT2D eigenvalue weighted by molar-refractivity contribution is 0.0949. The number of ether oxygens (including phenoxy) is 1. The van der Waals surface area contributed by atoms with E-state index in [0.717, 1.165) is 24.4 Å². The number of benzene rings is 1. The second kappa shape index (κ2) is 8.80. The van der Waals surface area contributed by atoms with Gasteiger partial charge in [-0.1, -0.05) is 11.6 Å². The molecular formula is C16H22Cl2N4O2. The van der Waals surface area contributed by atoms with E-state index in [1.54, 1.807) is 6.07 Å². The van der Waals surface area contributed by atoms with E-state index in [1.165, 1.54) is 13.2 Å². The number of carbonyl (C=O) groups excluding carboxylic acids is 1. The number of hydrogen-bond acceptors (Lipinski definition) is 4. The second-order valence-electron chi connectivity index (χ2n) is 5.33. The van der Waals surface area contributed by atoms with Crippen molar-refractivity contribution in [3.8, 4) is 5.75 Å². The van der Waals surface area contributed by atoms with Gasteiger partial charge in [-0.05, 0) is 32.4 Å². The molecule has 0 spiro atoms. The molecule has 6 nitrogen and oxygen atoms in total. The molecule has 1 aromatic heterocycles. The van der Waals surface area contributed by atoms with Crippen molar-refractivity contribution >= 4 is 35.6 Å². The first-order valence-corrected chi connectivity index (χ1v) is 7.72. The van der Waals surface area contributed by atoms with Crippen molar-refractivity contribution in [1.82, 2.24) is 15.1 Å². The monoisotopic (exact) mass is 372 g/mol. The number of aryl methyl sites for hydroxylation is 3. The van der Waals surface area contributed by atoms with Crippen molar-refractivity contribution in [1.29, 1.82) is 0 Å². The number of amides is 1. The number of hydrogen-bond donors (Lipinski definition) is 2. The first-order valence-electron chi connectivity index (χ1n) is 7.34. The minimum Gasteiger partial charge on any atom is -0.496 e. The van der Waals surface area contributed by atoms with Crippen molar-refractivity contribution in [3.05, 3.63) is 40.2 Å². The van der Waals surface area contributed by atoms with Gasteiger partial charge in [0.1, 0.15) is 5.75 Å². The van der Waals surface area contributed by atoms with Crippen LogP contribution < -0.4 is 15.8 Å². The Morgan fingerprint density at radius 3 is 2.67 bits per heavy atom. The Balaban J connectivity index is 0.00000288. The first-order chi connectivity index (χ1) is 10.9. The van der Waals surface area contributed by atoms with Crippen molar-refractivity contribution in [2.75, 3.05) is 19.4 Å². The Labute approximate surface area is 152 Å². The summed E-state index contributed by atoms with van der Waals surface area (Å²) >= 11 is 5.98. The smallest absolute Gasteiger partial charge is 0.255 e. The van der Waals surface area contributed by atoms with Gasteiger partial charge in [0, 0.05) is 24.8 Å². The quantitative estimate of drug-likeness (QED) is 0.603. The Hall–Kier alpha value is -1.92. The van der Waals surface area contributed by atoms with E-state index in [0.29, 0.717) is 28.6 Å². The maximum atomic E-state index is 12.3. The van der Waals surface area contributed by atoms with Crippen LogP contribution in [0.1, 0.15) is 28.2 Å². The molecule has 0 fully saturated rings. The van der Waals surface area contributed by atoms with Crippen LogP contribution in [0, 0.1) is 13.8 Å². The summed E-state index contributed by atoms with van der Waals surface area (Å²) in [5.74, 6) is 0.167. The minimum absolute atomic E-state index is 0. The van der Waals surface area contributed by atoms with Crippen molar-refractivity contribution < 1.29 is 9.53 Å². The highest BCUT2D eigenvalue weighted by Gasteiger charge is 2.14. The number of carbonyl (C=O) groups is 1. The van der Waals surface area contributed by atoms with E-state index in [2.05, 4.69) is 10.4 Å². The molecule has 1 amide bonds. The standard InChI is InChI=1S/C16H21ClN4O2.ClH/c1-10-7-11(2)21(20-10)6-4-5-19-16(22)12-8-13(17)14(18)9-15(12)23-3;/h7-9H,4-6,18H2,1-3H3,(H,19,22);1H. The van der Waals surface area contributed by atoms with Crippen molar-refractivity contribution in [2.45, 2.75) is 26.8 Å². The van der Waals surface area contributed by atoms with Gasteiger partial charge < -0.3 is 15.8 Å². The predicted molar refractivity (Wildman–Crippen MR) is 98.3 cm³/mol. The summed E-state index contributed by atoms with van der Waals surface area (Å²) in [5, 5.41) is 7.58. The second-order valence-corrected chi connectivity index (χ2v) is 5.74. The number of nitrogens with zero attached hydrogens (tertiary/aromatic N) is 2. The van der Waals surface area contributed by atoms with Crippen LogP contribution in [0.2, 0.25) is 5.02 Å². The average Bonchev–Trinajstić information content (AvgIpc) is 2.83. The fourth-order valence-electron chi connectivity index (χ4n) is 2.34. The molecule has 3 N–H and O–H groups in total. The summed E-state index contributed by atoms with van der Waals surface area (Å²) in [6.07, 6.45) is 0.777. The molecule has 0 unspecified atom stereocenters. The number of nitrogens with one attached hydrogen (secondary N) is 1. The first kappa shape index (κ1) is 20.1. The normalized spacial score (nSPS) is 10.2. The molecule has 1 aromatic carbocycles. The van der Waals surface area contributed by atoms with Gasteiger partial charge >= 0.3 is 0 Å². The van der Waals surface area contributed by atoms with Crippen molar-refractivity contribution in [2.24, 2.45) is 0 Å². The molecule has 8 heteroatoms. The predicted octanol–water partition coefficient (Wildman–Crippen LogP) is 2.99. The van der Waals surface area contributed by atoms with Crippen LogP contribution in [0.5, 0.6) is 5.75 Å². The molecule has 1 heterocycles. The maximum Gasteiger partial charge on any atom is 0.255 e. The van der Waals surface area contributed by atoms with Gasteiger partial charge in [0.25, 0.3) is 5.91 Å². The molecule has 0 radical (unpaired) electrons.